The fourth-order valence-corrected chi connectivity index (χ4v) is 2.36. The number of hydrogen-bond acceptors (Lipinski definition) is 4. The molecule has 0 aromatic carbocycles. The molecule has 0 bridgehead atoms. The van der Waals surface area contributed by atoms with Gasteiger partial charge in [-0.15, -0.1) is 0 Å². The largest absolute Gasteiger partial charge is 0.474 e. The van der Waals surface area contributed by atoms with E-state index in [2.05, 4.69) is 20.8 Å². The molecule has 0 N–H and O–H groups in total. The van der Waals surface area contributed by atoms with Gasteiger partial charge in [0.15, 0.2) is 0 Å². The summed E-state index contributed by atoms with van der Waals surface area (Å²) in [5, 5.41) is 0. The monoisotopic (exact) mass is 504 g/mol. The molecule has 6 heteroatoms. The standard InChI is InChI=1S/C12H27O4P.Pu/c1-4-7-10-14-17(13,15-11-8-5-2)16-12-9-6-3;/h4-12H2,1-3H3;. The van der Waals surface area contributed by atoms with Crippen molar-refractivity contribution in [3.05, 3.63) is 0 Å². The van der Waals surface area contributed by atoms with Gasteiger partial charge in [0.05, 0.1) is 19.8 Å². The summed E-state index contributed by atoms with van der Waals surface area (Å²) >= 11 is 0. The van der Waals surface area contributed by atoms with Crippen LogP contribution in [0.1, 0.15) is 59.3 Å². The Morgan fingerprint density at radius 3 is 1.22 bits per heavy atom. The van der Waals surface area contributed by atoms with Crippen LogP contribution in [0, 0.1) is 29.2 Å². The predicted octanol–water partition coefficient (Wildman–Crippen LogP) is 4.54. The topological polar surface area (TPSA) is 44.8 Å². The molecule has 0 heterocycles. The van der Waals surface area contributed by atoms with Gasteiger partial charge in [-0.25, -0.2) is 4.57 Å². The number of rotatable bonds is 12. The van der Waals surface area contributed by atoms with Gasteiger partial charge in [-0.1, -0.05) is 40.0 Å². The van der Waals surface area contributed by atoms with Gasteiger partial charge in [0.1, 0.15) is 0 Å². The quantitative estimate of drug-likeness (QED) is 0.286. The molecule has 0 unspecified atom stereocenters. The zero-order chi connectivity index (χ0) is 13.0. The zero-order valence-corrected chi connectivity index (χ0v) is 16.1. The van der Waals surface area contributed by atoms with Crippen molar-refractivity contribution in [2.45, 2.75) is 59.3 Å². The first kappa shape index (κ1) is 21.4. The van der Waals surface area contributed by atoms with Gasteiger partial charge < -0.3 is 0 Å². The minimum absolute atomic E-state index is 0. The summed E-state index contributed by atoms with van der Waals surface area (Å²) in [5.74, 6) is 0. The molecule has 0 spiro atoms. The van der Waals surface area contributed by atoms with Crippen LogP contribution < -0.4 is 0 Å². The maximum atomic E-state index is 12.2. The van der Waals surface area contributed by atoms with E-state index in [1.54, 1.807) is 0 Å². The molecule has 0 aromatic heterocycles. The Kier molecular flexibility index (Phi) is 17.2. The van der Waals surface area contributed by atoms with Crippen molar-refractivity contribution in [2.24, 2.45) is 0 Å². The van der Waals surface area contributed by atoms with E-state index in [4.69, 9.17) is 13.6 Å². The fraction of sp³-hybridized carbons (Fsp3) is 1.00. The smallest absolute Gasteiger partial charge is 0.287 e. The van der Waals surface area contributed by atoms with E-state index < -0.39 is 7.82 Å². The molecule has 0 saturated heterocycles. The van der Waals surface area contributed by atoms with Crippen LogP contribution in [0.3, 0.4) is 0 Å². The second-order valence-electron chi connectivity index (χ2n) is 4.01. The Morgan fingerprint density at radius 1 is 0.722 bits per heavy atom. The summed E-state index contributed by atoms with van der Waals surface area (Å²) in [6.07, 6.45) is 5.63. The molecule has 0 aromatic rings. The first-order valence-corrected chi connectivity index (χ1v) is 8.18. The van der Waals surface area contributed by atoms with E-state index in [0.29, 0.717) is 19.8 Å². The van der Waals surface area contributed by atoms with Crippen LogP contribution in [0.4, 0.5) is 0 Å². The van der Waals surface area contributed by atoms with E-state index in [-0.39, 0.29) is 29.2 Å². The van der Waals surface area contributed by atoms with Crippen molar-refractivity contribution in [3.8, 4) is 0 Å². The normalized spacial score (nSPS) is 11.3. The summed E-state index contributed by atoms with van der Waals surface area (Å²) < 4.78 is 28.0. The third-order valence-corrected chi connectivity index (χ3v) is 3.74. The summed E-state index contributed by atoms with van der Waals surface area (Å²) in [6.45, 7) is 7.49. The molecule has 0 fully saturated rings. The van der Waals surface area contributed by atoms with E-state index in [9.17, 15) is 4.57 Å². The maximum Gasteiger partial charge on any atom is 0.474 e. The molecule has 0 amide bonds. The van der Waals surface area contributed by atoms with E-state index in [1.807, 2.05) is 0 Å². The third kappa shape index (κ3) is 12.1. The van der Waals surface area contributed by atoms with Gasteiger partial charge in [-0.3, -0.25) is 13.6 Å². The van der Waals surface area contributed by atoms with Gasteiger partial charge in [-0.2, -0.15) is 0 Å². The molecule has 0 aliphatic rings. The number of unbranched alkanes of at least 4 members (excludes halogenated alkanes) is 3. The van der Waals surface area contributed by atoms with E-state index in [0.717, 1.165) is 38.5 Å². The Morgan fingerprint density at radius 2 is 1.00 bits per heavy atom. The molecule has 0 rings (SSSR count). The van der Waals surface area contributed by atoms with Crippen molar-refractivity contribution in [1.82, 2.24) is 0 Å². The molecule has 0 aliphatic heterocycles. The van der Waals surface area contributed by atoms with Crippen LogP contribution in [0.5, 0.6) is 0 Å². The fourth-order valence-electron chi connectivity index (χ4n) is 1.07. The van der Waals surface area contributed by atoms with Crippen LogP contribution in [-0.2, 0) is 18.1 Å². The van der Waals surface area contributed by atoms with E-state index >= 15 is 0 Å². The third-order valence-electron chi connectivity index (χ3n) is 2.24. The molecule has 110 valence electrons. The zero-order valence-electron chi connectivity index (χ0n) is 11.9. The minimum Gasteiger partial charge on any atom is -0.287 e. The van der Waals surface area contributed by atoms with E-state index in [1.165, 1.54) is 0 Å². The summed E-state index contributed by atoms with van der Waals surface area (Å²) in [4.78, 5) is 0. The molecule has 0 saturated carbocycles. The first-order valence-electron chi connectivity index (χ1n) is 6.72. The van der Waals surface area contributed by atoms with Crippen LogP contribution in [0.15, 0.2) is 0 Å². The predicted molar refractivity (Wildman–Crippen MR) is 70.2 cm³/mol. The number of hydrogen-bond donors (Lipinski definition) is 0. The molecular formula is C12H27O4PPu. The maximum absolute atomic E-state index is 12.2. The van der Waals surface area contributed by atoms with Gasteiger partial charge in [0, 0.05) is 29.2 Å². The average molecular weight is 510 g/mol. The Hall–Kier alpha value is 1.10. The van der Waals surface area contributed by atoms with Crippen molar-refractivity contribution in [1.29, 1.82) is 0 Å². The van der Waals surface area contributed by atoms with Gasteiger partial charge in [-0.05, 0) is 19.3 Å². The van der Waals surface area contributed by atoms with Gasteiger partial charge >= 0.3 is 7.82 Å². The van der Waals surface area contributed by atoms with Crippen molar-refractivity contribution in [3.63, 3.8) is 0 Å². The average Bonchev–Trinajstić information content (AvgIpc) is 2.30. The minimum atomic E-state index is -3.31. The Bertz CT molecular complexity index is 181. The van der Waals surface area contributed by atoms with Crippen LogP contribution in [-0.4, -0.2) is 19.8 Å². The summed E-state index contributed by atoms with van der Waals surface area (Å²) in [7, 11) is -3.31. The molecule has 0 radical (unpaired) electrons. The number of phosphoric acid groups is 1. The molecular weight excluding hydrogens is 483 g/mol. The SMILES string of the molecule is CCCCOP(=O)(OCCCC)OCCCC.[Pu]. The number of phosphoric ester groups is 1. The van der Waals surface area contributed by atoms with Crippen molar-refractivity contribution < 1.29 is 47.3 Å². The van der Waals surface area contributed by atoms with Crippen LogP contribution in [0.25, 0.3) is 0 Å². The van der Waals surface area contributed by atoms with Gasteiger partial charge in [0.2, 0.25) is 0 Å². The van der Waals surface area contributed by atoms with Crippen molar-refractivity contribution in [2.75, 3.05) is 19.8 Å². The second kappa shape index (κ2) is 14.5. The van der Waals surface area contributed by atoms with Gasteiger partial charge in [0.25, 0.3) is 0 Å². The molecule has 18 heavy (non-hydrogen) atoms. The van der Waals surface area contributed by atoms with Crippen LogP contribution in [0.2, 0.25) is 0 Å². The van der Waals surface area contributed by atoms with Crippen LogP contribution >= 0.6 is 7.82 Å². The Balaban J connectivity index is 0. The Labute approximate surface area is 134 Å². The molecule has 4 nitrogen and oxygen atoms in total. The molecule has 0 aliphatic carbocycles. The van der Waals surface area contributed by atoms with Crippen molar-refractivity contribution >= 4 is 7.82 Å². The molecule has 0 atom stereocenters. The second-order valence-corrected chi connectivity index (χ2v) is 5.68. The summed E-state index contributed by atoms with van der Waals surface area (Å²) in [6, 6.07) is 0. The summed E-state index contributed by atoms with van der Waals surface area (Å²) in [5.41, 5.74) is 0. The first-order chi connectivity index (χ1) is 8.18.